The van der Waals surface area contributed by atoms with Gasteiger partial charge >= 0.3 is 0 Å². The van der Waals surface area contributed by atoms with Crippen LogP contribution >= 0.6 is 0 Å². The summed E-state index contributed by atoms with van der Waals surface area (Å²) in [5.74, 6) is 0. The number of para-hydroxylation sites is 1. The molecule has 4 nitrogen and oxygen atoms in total. The van der Waals surface area contributed by atoms with Crippen LogP contribution in [0.3, 0.4) is 0 Å². The smallest absolute Gasteiger partial charge is 0.274 e. The quantitative estimate of drug-likeness (QED) is 0.662. The van der Waals surface area contributed by atoms with E-state index in [1.807, 2.05) is 39.0 Å². The predicted molar refractivity (Wildman–Crippen MR) is 81.1 cm³/mol. The Kier molecular flexibility index (Phi) is 4.03. The molecular formula is C16H18N2O2. The van der Waals surface area contributed by atoms with Crippen LogP contribution in [0.15, 0.2) is 42.5 Å². The van der Waals surface area contributed by atoms with Crippen LogP contribution in [-0.2, 0) is 0 Å². The molecule has 0 saturated heterocycles. The Bertz CT molecular complexity index is 638. The molecule has 1 unspecified atom stereocenters. The predicted octanol–water partition coefficient (Wildman–Crippen LogP) is 4.38. The summed E-state index contributed by atoms with van der Waals surface area (Å²) in [7, 11) is 0. The number of hydrogen-bond acceptors (Lipinski definition) is 3. The van der Waals surface area contributed by atoms with E-state index in [1.165, 1.54) is 11.6 Å². The first kappa shape index (κ1) is 14.1. The van der Waals surface area contributed by atoms with Crippen molar-refractivity contribution in [2.45, 2.75) is 26.8 Å². The normalized spacial score (nSPS) is 11.9. The van der Waals surface area contributed by atoms with Gasteiger partial charge in [-0.25, -0.2) is 0 Å². The molecule has 20 heavy (non-hydrogen) atoms. The molecule has 4 heteroatoms. The number of hydrogen-bond donors (Lipinski definition) is 1. The third kappa shape index (κ3) is 2.96. The van der Waals surface area contributed by atoms with Crippen molar-refractivity contribution in [1.29, 1.82) is 0 Å². The molecule has 0 spiro atoms. The van der Waals surface area contributed by atoms with E-state index in [0.29, 0.717) is 5.56 Å². The molecule has 1 atom stereocenters. The molecule has 2 aromatic carbocycles. The topological polar surface area (TPSA) is 55.2 Å². The molecule has 0 saturated carbocycles. The van der Waals surface area contributed by atoms with E-state index in [2.05, 4.69) is 11.4 Å². The summed E-state index contributed by atoms with van der Waals surface area (Å²) in [4.78, 5) is 10.7. The second-order valence-corrected chi connectivity index (χ2v) is 5.00. The first-order valence-electron chi connectivity index (χ1n) is 6.56. The first-order chi connectivity index (χ1) is 9.49. The average molecular weight is 270 g/mol. The molecule has 104 valence electrons. The molecule has 0 aromatic heterocycles. The molecule has 0 radical (unpaired) electrons. The van der Waals surface area contributed by atoms with E-state index >= 15 is 0 Å². The van der Waals surface area contributed by atoms with Crippen LogP contribution in [0.1, 0.15) is 29.7 Å². The number of nitro groups is 1. The van der Waals surface area contributed by atoms with E-state index in [4.69, 9.17) is 0 Å². The van der Waals surface area contributed by atoms with Crippen molar-refractivity contribution in [3.63, 3.8) is 0 Å². The summed E-state index contributed by atoms with van der Waals surface area (Å²) >= 11 is 0. The highest BCUT2D eigenvalue weighted by Gasteiger charge is 2.18. The maximum absolute atomic E-state index is 11.1. The lowest BCUT2D eigenvalue weighted by molar-refractivity contribution is -0.385. The van der Waals surface area contributed by atoms with Crippen LogP contribution in [0.2, 0.25) is 0 Å². The van der Waals surface area contributed by atoms with Gasteiger partial charge in [-0.15, -0.1) is 0 Å². The summed E-state index contributed by atoms with van der Waals surface area (Å²) in [5.41, 5.74) is 4.18. The highest BCUT2D eigenvalue weighted by atomic mass is 16.6. The molecule has 0 heterocycles. The molecule has 0 aliphatic heterocycles. The summed E-state index contributed by atoms with van der Waals surface area (Å²) in [6, 6.07) is 12.8. The molecule has 0 amide bonds. The highest BCUT2D eigenvalue weighted by Crippen LogP contribution is 2.28. The lowest BCUT2D eigenvalue weighted by Crippen LogP contribution is -2.10. The van der Waals surface area contributed by atoms with Crippen LogP contribution in [0.4, 0.5) is 11.4 Å². The van der Waals surface area contributed by atoms with Crippen molar-refractivity contribution in [1.82, 2.24) is 0 Å². The number of nitrogens with one attached hydrogen (secondary N) is 1. The van der Waals surface area contributed by atoms with E-state index in [1.54, 1.807) is 12.1 Å². The van der Waals surface area contributed by atoms with Gasteiger partial charge in [0.1, 0.15) is 0 Å². The molecule has 2 rings (SSSR count). The van der Waals surface area contributed by atoms with Crippen LogP contribution in [0.25, 0.3) is 0 Å². The molecule has 0 aliphatic carbocycles. The monoisotopic (exact) mass is 270 g/mol. The molecular weight excluding hydrogens is 252 g/mol. The van der Waals surface area contributed by atoms with E-state index in [0.717, 1.165) is 11.3 Å². The SMILES string of the molecule is Cc1ccc(NC(C)c2ccccc2[N+](=O)[O-])c(C)c1. The average Bonchev–Trinajstić information content (AvgIpc) is 2.41. The van der Waals surface area contributed by atoms with Crippen molar-refractivity contribution in [2.75, 3.05) is 5.32 Å². The van der Waals surface area contributed by atoms with Gasteiger partial charge in [-0.2, -0.15) is 0 Å². The van der Waals surface area contributed by atoms with E-state index < -0.39 is 0 Å². The Hall–Kier alpha value is -2.36. The molecule has 0 fully saturated rings. The minimum Gasteiger partial charge on any atom is -0.378 e. The fourth-order valence-corrected chi connectivity index (χ4v) is 2.31. The first-order valence-corrected chi connectivity index (χ1v) is 6.56. The van der Waals surface area contributed by atoms with Crippen LogP contribution < -0.4 is 5.32 Å². The van der Waals surface area contributed by atoms with Gasteiger partial charge in [-0.3, -0.25) is 10.1 Å². The fourth-order valence-electron chi connectivity index (χ4n) is 2.31. The Morgan fingerprint density at radius 1 is 1.15 bits per heavy atom. The molecule has 0 aliphatic rings. The number of aryl methyl sites for hydroxylation is 2. The van der Waals surface area contributed by atoms with Crippen molar-refractivity contribution in [2.24, 2.45) is 0 Å². The zero-order valence-electron chi connectivity index (χ0n) is 11.9. The van der Waals surface area contributed by atoms with E-state index in [-0.39, 0.29) is 16.7 Å². The number of nitrogens with zero attached hydrogens (tertiary/aromatic N) is 1. The maximum Gasteiger partial charge on any atom is 0.274 e. The lowest BCUT2D eigenvalue weighted by atomic mass is 10.0. The van der Waals surface area contributed by atoms with Gasteiger partial charge in [0, 0.05) is 11.8 Å². The van der Waals surface area contributed by atoms with Crippen molar-refractivity contribution in [3.05, 3.63) is 69.3 Å². The zero-order chi connectivity index (χ0) is 14.7. The summed E-state index contributed by atoms with van der Waals surface area (Å²) in [6.07, 6.45) is 0. The van der Waals surface area contributed by atoms with Crippen LogP contribution in [-0.4, -0.2) is 4.92 Å². The number of rotatable bonds is 4. The second kappa shape index (κ2) is 5.74. The standard InChI is InChI=1S/C16H18N2O2/c1-11-8-9-15(12(2)10-11)17-13(3)14-6-4-5-7-16(14)18(19)20/h4-10,13,17H,1-3H3. The van der Waals surface area contributed by atoms with Crippen LogP contribution in [0, 0.1) is 24.0 Å². The Morgan fingerprint density at radius 2 is 1.85 bits per heavy atom. The van der Waals surface area contributed by atoms with Gasteiger partial charge < -0.3 is 5.32 Å². The Morgan fingerprint density at radius 3 is 2.50 bits per heavy atom. The molecule has 0 bridgehead atoms. The fraction of sp³-hybridized carbons (Fsp3) is 0.250. The minimum absolute atomic E-state index is 0.127. The van der Waals surface area contributed by atoms with Crippen molar-refractivity contribution >= 4 is 11.4 Å². The summed E-state index contributed by atoms with van der Waals surface area (Å²) in [6.45, 7) is 6.01. The van der Waals surface area contributed by atoms with Crippen molar-refractivity contribution in [3.8, 4) is 0 Å². The lowest BCUT2D eigenvalue weighted by Gasteiger charge is -2.17. The Labute approximate surface area is 118 Å². The minimum atomic E-state index is -0.338. The van der Waals surface area contributed by atoms with Gasteiger partial charge in [0.25, 0.3) is 5.69 Å². The van der Waals surface area contributed by atoms with Crippen molar-refractivity contribution < 1.29 is 4.92 Å². The van der Waals surface area contributed by atoms with Gasteiger partial charge in [0.05, 0.1) is 16.5 Å². The number of anilines is 1. The van der Waals surface area contributed by atoms with E-state index in [9.17, 15) is 10.1 Å². The van der Waals surface area contributed by atoms with Crippen LogP contribution in [0.5, 0.6) is 0 Å². The third-order valence-electron chi connectivity index (χ3n) is 3.35. The Balaban J connectivity index is 2.28. The largest absolute Gasteiger partial charge is 0.378 e. The number of benzene rings is 2. The summed E-state index contributed by atoms with van der Waals surface area (Å²) in [5, 5.41) is 14.4. The second-order valence-electron chi connectivity index (χ2n) is 5.00. The highest BCUT2D eigenvalue weighted by molar-refractivity contribution is 5.55. The molecule has 2 aromatic rings. The maximum atomic E-state index is 11.1. The molecule has 1 N–H and O–H groups in total. The summed E-state index contributed by atoms with van der Waals surface area (Å²) < 4.78 is 0. The van der Waals surface area contributed by atoms with Gasteiger partial charge in [-0.05, 0) is 32.4 Å². The van der Waals surface area contributed by atoms with Gasteiger partial charge in [0.2, 0.25) is 0 Å². The van der Waals surface area contributed by atoms with Gasteiger partial charge in [0.15, 0.2) is 0 Å². The number of nitro benzene ring substituents is 1. The third-order valence-corrected chi connectivity index (χ3v) is 3.35. The zero-order valence-corrected chi connectivity index (χ0v) is 11.9. The van der Waals surface area contributed by atoms with Gasteiger partial charge in [-0.1, -0.05) is 35.9 Å².